The molecule has 0 bridgehead atoms. The molecule has 1 aromatic carbocycles. The molecule has 0 spiro atoms. The molecule has 2 N–H and O–H groups in total. The van der Waals surface area contributed by atoms with Crippen LogP contribution in [0.3, 0.4) is 0 Å². The quantitative estimate of drug-likeness (QED) is 0.579. The highest BCUT2D eigenvalue weighted by Gasteiger charge is 2.26. The summed E-state index contributed by atoms with van der Waals surface area (Å²) in [5.41, 5.74) is 2.51. The fourth-order valence-electron chi connectivity index (χ4n) is 4.11. The van der Waals surface area contributed by atoms with E-state index >= 15 is 0 Å². The molecule has 1 aliphatic carbocycles. The summed E-state index contributed by atoms with van der Waals surface area (Å²) >= 11 is 1.67. The number of rotatable bonds is 8. The minimum atomic E-state index is -0.116. The third-order valence-electron chi connectivity index (χ3n) is 6.04. The predicted octanol–water partition coefficient (Wildman–Crippen LogP) is 3.56. The van der Waals surface area contributed by atoms with Crippen LogP contribution in [-0.4, -0.2) is 33.9 Å². The molecule has 5 nitrogen and oxygen atoms in total. The highest BCUT2D eigenvalue weighted by molar-refractivity contribution is 7.18. The Morgan fingerprint density at radius 2 is 2.10 bits per heavy atom. The monoisotopic (exact) mass is 425 g/mol. The number of hydrogen-bond acceptors (Lipinski definition) is 5. The Morgan fingerprint density at radius 1 is 1.30 bits per heavy atom. The number of fused-ring (bicyclic) bond motifs is 3. The summed E-state index contributed by atoms with van der Waals surface area (Å²) in [6, 6.07) is 10.8. The second-order valence-corrected chi connectivity index (χ2v) is 10.2. The van der Waals surface area contributed by atoms with Gasteiger partial charge in [0.25, 0.3) is 5.56 Å². The molecule has 0 unspecified atom stereocenters. The fourth-order valence-corrected chi connectivity index (χ4v) is 5.37. The van der Waals surface area contributed by atoms with Crippen molar-refractivity contribution in [2.24, 2.45) is 5.41 Å². The molecule has 0 radical (unpaired) electrons. The van der Waals surface area contributed by atoms with Crippen LogP contribution in [0.15, 0.2) is 41.5 Å². The molecule has 2 heterocycles. The summed E-state index contributed by atoms with van der Waals surface area (Å²) < 4.78 is 1.78. The second-order valence-electron chi connectivity index (χ2n) is 9.16. The Balaban J connectivity index is 1.46. The van der Waals surface area contributed by atoms with Gasteiger partial charge in [-0.05, 0) is 43.2 Å². The van der Waals surface area contributed by atoms with Crippen LogP contribution >= 0.6 is 11.3 Å². The molecule has 1 atom stereocenters. The van der Waals surface area contributed by atoms with Crippen LogP contribution < -0.4 is 10.9 Å². The van der Waals surface area contributed by atoms with Crippen molar-refractivity contribution >= 4 is 21.6 Å². The summed E-state index contributed by atoms with van der Waals surface area (Å²) in [6.45, 7) is 5.80. The van der Waals surface area contributed by atoms with Gasteiger partial charge >= 0.3 is 0 Å². The molecular weight excluding hydrogens is 394 g/mol. The lowest BCUT2D eigenvalue weighted by Crippen LogP contribution is -2.41. The van der Waals surface area contributed by atoms with E-state index in [1.807, 2.05) is 6.07 Å². The summed E-state index contributed by atoms with van der Waals surface area (Å²) in [7, 11) is 0. The number of nitrogens with one attached hydrogen (secondary N) is 1. The Kier molecular flexibility index (Phi) is 6.37. The van der Waals surface area contributed by atoms with Crippen molar-refractivity contribution in [2.75, 3.05) is 13.2 Å². The van der Waals surface area contributed by atoms with Gasteiger partial charge in [-0.25, -0.2) is 4.98 Å². The van der Waals surface area contributed by atoms with Crippen LogP contribution in [0.4, 0.5) is 0 Å². The number of benzene rings is 1. The summed E-state index contributed by atoms with van der Waals surface area (Å²) in [4.78, 5) is 20.0. The van der Waals surface area contributed by atoms with Gasteiger partial charge < -0.3 is 10.4 Å². The van der Waals surface area contributed by atoms with E-state index in [0.717, 1.165) is 48.9 Å². The highest BCUT2D eigenvalue weighted by atomic mass is 32.1. The summed E-state index contributed by atoms with van der Waals surface area (Å²) in [5, 5.41) is 13.9. The number of thiophene rings is 1. The van der Waals surface area contributed by atoms with Gasteiger partial charge in [-0.15, -0.1) is 11.3 Å². The first-order chi connectivity index (χ1) is 14.5. The third-order valence-corrected chi connectivity index (χ3v) is 7.20. The average Bonchev–Trinajstić information content (AvgIpc) is 3.13. The van der Waals surface area contributed by atoms with Crippen molar-refractivity contribution in [3.63, 3.8) is 0 Å². The van der Waals surface area contributed by atoms with E-state index in [2.05, 4.69) is 48.4 Å². The minimum Gasteiger partial charge on any atom is -0.396 e. The average molecular weight is 426 g/mol. The summed E-state index contributed by atoms with van der Waals surface area (Å²) in [6.07, 6.45) is 6.48. The Bertz CT molecular complexity index is 1060. The lowest BCUT2D eigenvalue weighted by Gasteiger charge is -2.28. The van der Waals surface area contributed by atoms with Crippen LogP contribution in [-0.2, 0) is 25.8 Å². The van der Waals surface area contributed by atoms with Crippen molar-refractivity contribution in [1.29, 1.82) is 0 Å². The van der Waals surface area contributed by atoms with Gasteiger partial charge in [0, 0.05) is 36.0 Å². The first-order valence-corrected chi connectivity index (χ1v) is 11.7. The van der Waals surface area contributed by atoms with Crippen molar-refractivity contribution in [1.82, 2.24) is 14.9 Å². The SMILES string of the molecule is CC(C)(CO)CN[C@H]1CCc2c(sc3ncn(CCCc4ccccc4)c(=O)c23)C1. The maximum Gasteiger partial charge on any atom is 0.262 e. The van der Waals surface area contributed by atoms with E-state index in [-0.39, 0.29) is 17.6 Å². The lowest BCUT2D eigenvalue weighted by molar-refractivity contribution is 0.152. The molecule has 0 amide bonds. The van der Waals surface area contributed by atoms with Crippen molar-refractivity contribution in [2.45, 2.75) is 58.5 Å². The van der Waals surface area contributed by atoms with Crippen LogP contribution in [0, 0.1) is 5.41 Å². The Morgan fingerprint density at radius 3 is 2.87 bits per heavy atom. The first-order valence-electron chi connectivity index (χ1n) is 10.8. The normalized spacial score (nSPS) is 16.7. The van der Waals surface area contributed by atoms with E-state index in [0.29, 0.717) is 12.6 Å². The van der Waals surface area contributed by atoms with Crippen LogP contribution in [0.1, 0.15) is 42.7 Å². The largest absolute Gasteiger partial charge is 0.396 e. The van der Waals surface area contributed by atoms with Crippen molar-refractivity contribution in [3.8, 4) is 0 Å². The van der Waals surface area contributed by atoms with Crippen LogP contribution in [0.2, 0.25) is 0 Å². The molecule has 30 heavy (non-hydrogen) atoms. The molecule has 0 aliphatic heterocycles. The maximum absolute atomic E-state index is 13.2. The van der Waals surface area contributed by atoms with Gasteiger partial charge in [0.15, 0.2) is 0 Å². The minimum absolute atomic E-state index is 0.110. The molecule has 1 aliphatic rings. The van der Waals surface area contributed by atoms with E-state index in [9.17, 15) is 9.90 Å². The van der Waals surface area contributed by atoms with Gasteiger partial charge in [-0.3, -0.25) is 9.36 Å². The number of hydrogen-bond donors (Lipinski definition) is 2. The van der Waals surface area contributed by atoms with Crippen LogP contribution in [0.5, 0.6) is 0 Å². The number of nitrogens with zero attached hydrogens (tertiary/aromatic N) is 2. The van der Waals surface area contributed by atoms with Crippen molar-refractivity contribution < 1.29 is 5.11 Å². The van der Waals surface area contributed by atoms with Gasteiger partial charge in [-0.2, -0.15) is 0 Å². The Labute approximate surface area is 181 Å². The van der Waals surface area contributed by atoms with E-state index in [1.54, 1.807) is 22.2 Å². The zero-order chi connectivity index (χ0) is 21.1. The molecule has 0 saturated carbocycles. The zero-order valence-corrected chi connectivity index (χ0v) is 18.7. The highest BCUT2D eigenvalue weighted by Crippen LogP contribution is 2.33. The van der Waals surface area contributed by atoms with Crippen LogP contribution in [0.25, 0.3) is 10.2 Å². The van der Waals surface area contributed by atoms with E-state index in [4.69, 9.17) is 0 Å². The summed E-state index contributed by atoms with van der Waals surface area (Å²) in [5.74, 6) is 0. The third kappa shape index (κ3) is 4.66. The molecule has 0 fully saturated rings. The molecule has 6 heteroatoms. The first kappa shape index (κ1) is 21.2. The topological polar surface area (TPSA) is 67.2 Å². The standard InChI is InChI=1S/C24H31N3O2S/c1-24(2,15-28)14-25-18-10-11-19-20(13-18)30-22-21(19)23(29)27(16-26-22)12-6-9-17-7-4-3-5-8-17/h3-5,7-8,16,18,25,28H,6,9-15H2,1-2H3/t18-/m0/s1. The fraction of sp³-hybridized carbons (Fsp3) is 0.500. The van der Waals surface area contributed by atoms with Crippen molar-refractivity contribution in [3.05, 3.63) is 63.0 Å². The zero-order valence-electron chi connectivity index (χ0n) is 17.9. The predicted molar refractivity (Wildman–Crippen MR) is 123 cm³/mol. The maximum atomic E-state index is 13.2. The van der Waals surface area contributed by atoms with Gasteiger partial charge in [0.05, 0.1) is 11.7 Å². The molecular formula is C24H31N3O2S. The van der Waals surface area contributed by atoms with Gasteiger partial charge in [0.2, 0.25) is 0 Å². The number of aromatic nitrogens is 2. The lowest BCUT2D eigenvalue weighted by atomic mass is 9.90. The van der Waals surface area contributed by atoms with Gasteiger partial charge in [0.1, 0.15) is 4.83 Å². The molecule has 0 saturated heterocycles. The molecule has 3 aromatic rings. The number of aliphatic hydroxyl groups excluding tert-OH is 1. The van der Waals surface area contributed by atoms with E-state index in [1.165, 1.54) is 16.0 Å². The van der Waals surface area contributed by atoms with E-state index < -0.39 is 0 Å². The molecule has 160 valence electrons. The number of aryl methyl sites for hydroxylation is 3. The smallest absolute Gasteiger partial charge is 0.262 e. The van der Waals surface area contributed by atoms with Gasteiger partial charge in [-0.1, -0.05) is 44.2 Å². The Hall–Kier alpha value is -2.02. The number of aliphatic hydroxyl groups is 1. The molecule has 4 rings (SSSR count). The second kappa shape index (κ2) is 9.00. The molecule has 2 aromatic heterocycles.